The van der Waals surface area contributed by atoms with Crippen LogP contribution in [0.5, 0.6) is 5.75 Å². The quantitative estimate of drug-likeness (QED) is 0.462. The first-order valence-corrected chi connectivity index (χ1v) is 10.1. The topological polar surface area (TPSA) is 97.6 Å². The van der Waals surface area contributed by atoms with Crippen molar-refractivity contribution in [2.45, 2.75) is 12.8 Å². The summed E-state index contributed by atoms with van der Waals surface area (Å²) in [6, 6.07) is 7.97. The summed E-state index contributed by atoms with van der Waals surface area (Å²) in [6.45, 7) is 1.56. The number of carbonyl (C=O) groups excluding carboxylic acids is 1. The molecule has 0 spiro atoms. The van der Waals surface area contributed by atoms with E-state index in [4.69, 9.17) is 16.3 Å². The van der Waals surface area contributed by atoms with E-state index in [0.29, 0.717) is 27.1 Å². The minimum atomic E-state index is -0.460. The molecule has 2 aromatic carbocycles. The van der Waals surface area contributed by atoms with E-state index >= 15 is 0 Å². The first-order chi connectivity index (χ1) is 14.0. The molecule has 1 saturated heterocycles. The minimum Gasteiger partial charge on any atom is -0.495 e. The van der Waals surface area contributed by atoms with E-state index < -0.39 is 10.8 Å². The summed E-state index contributed by atoms with van der Waals surface area (Å²) < 4.78 is 6.00. The number of rotatable bonds is 5. The predicted molar refractivity (Wildman–Crippen MR) is 114 cm³/mol. The number of anilines is 2. The van der Waals surface area contributed by atoms with Crippen molar-refractivity contribution in [3.05, 3.63) is 51.0 Å². The van der Waals surface area contributed by atoms with Crippen LogP contribution in [-0.2, 0) is 0 Å². The monoisotopic (exact) mass is 432 g/mol. The van der Waals surface area contributed by atoms with Crippen molar-refractivity contribution >= 4 is 55.6 Å². The zero-order valence-electron chi connectivity index (χ0n) is 15.5. The predicted octanol–water partition coefficient (Wildman–Crippen LogP) is 4.72. The molecule has 4 rings (SSSR count). The lowest BCUT2D eigenvalue weighted by molar-refractivity contribution is -0.384. The van der Waals surface area contributed by atoms with Crippen molar-refractivity contribution < 1.29 is 14.5 Å². The van der Waals surface area contributed by atoms with E-state index in [-0.39, 0.29) is 11.3 Å². The molecule has 0 aliphatic carbocycles. The molecule has 1 amide bonds. The summed E-state index contributed by atoms with van der Waals surface area (Å²) in [5.41, 5.74) is 1.31. The molecule has 29 heavy (non-hydrogen) atoms. The average molecular weight is 433 g/mol. The summed E-state index contributed by atoms with van der Waals surface area (Å²) in [5.74, 6) is 0.0620. The van der Waals surface area contributed by atoms with Crippen LogP contribution in [0.1, 0.15) is 23.2 Å². The van der Waals surface area contributed by atoms with E-state index in [1.807, 2.05) is 4.90 Å². The van der Waals surface area contributed by atoms with Crippen LogP contribution in [-0.4, -0.2) is 36.0 Å². The highest BCUT2D eigenvalue weighted by atomic mass is 35.5. The van der Waals surface area contributed by atoms with Gasteiger partial charge in [0.2, 0.25) is 0 Å². The number of hydrogen-bond acceptors (Lipinski definition) is 7. The number of aromatic nitrogens is 1. The molecule has 0 unspecified atom stereocenters. The van der Waals surface area contributed by atoms with Gasteiger partial charge in [-0.05, 0) is 31.0 Å². The number of nitrogens with zero attached hydrogens (tertiary/aromatic N) is 3. The molecule has 1 fully saturated rings. The lowest BCUT2D eigenvalue weighted by Gasteiger charge is -2.17. The van der Waals surface area contributed by atoms with Crippen molar-refractivity contribution in [2.24, 2.45) is 0 Å². The Kier molecular flexibility index (Phi) is 5.25. The zero-order valence-corrected chi connectivity index (χ0v) is 17.0. The number of amides is 1. The van der Waals surface area contributed by atoms with Gasteiger partial charge in [0.15, 0.2) is 5.13 Å². The number of nitro benzene ring substituents is 1. The molecular weight excluding hydrogens is 416 g/mol. The highest BCUT2D eigenvalue weighted by Gasteiger charge is 2.24. The Bertz CT molecular complexity index is 1110. The maximum Gasteiger partial charge on any atom is 0.293 e. The second kappa shape index (κ2) is 7.84. The number of carbonyl (C=O) groups is 1. The second-order valence-electron chi connectivity index (χ2n) is 6.58. The lowest BCUT2D eigenvalue weighted by atomic mass is 10.1. The molecule has 8 nitrogen and oxygen atoms in total. The summed E-state index contributed by atoms with van der Waals surface area (Å²) in [7, 11) is 1.52. The van der Waals surface area contributed by atoms with Crippen molar-refractivity contribution in [1.82, 2.24) is 4.98 Å². The molecule has 0 atom stereocenters. The van der Waals surface area contributed by atoms with Crippen LogP contribution in [0.15, 0.2) is 30.3 Å². The number of nitrogens with one attached hydrogen (secondary N) is 1. The zero-order chi connectivity index (χ0) is 20.5. The van der Waals surface area contributed by atoms with E-state index in [1.54, 1.807) is 24.3 Å². The van der Waals surface area contributed by atoms with E-state index in [9.17, 15) is 14.9 Å². The minimum absolute atomic E-state index is 0.0691. The normalized spacial score (nSPS) is 13.7. The first-order valence-electron chi connectivity index (χ1n) is 8.95. The largest absolute Gasteiger partial charge is 0.495 e. The third kappa shape index (κ3) is 3.83. The van der Waals surface area contributed by atoms with Gasteiger partial charge >= 0.3 is 0 Å². The van der Waals surface area contributed by atoms with Gasteiger partial charge in [-0.3, -0.25) is 20.2 Å². The smallest absolute Gasteiger partial charge is 0.293 e. The van der Waals surface area contributed by atoms with Gasteiger partial charge in [-0.25, -0.2) is 4.98 Å². The van der Waals surface area contributed by atoms with Crippen molar-refractivity contribution in [3.8, 4) is 5.75 Å². The van der Waals surface area contributed by atoms with Gasteiger partial charge in [0.05, 0.1) is 27.3 Å². The third-order valence-corrected chi connectivity index (χ3v) is 5.99. The van der Waals surface area contributed by atoms with Gasteiger partial charge in [-0.2, -0.15) is 0 Å². The standard InChI is InChI=1S/C19H17ClN4O4S/c1-28-16-10-17-13(9-12(16)20)21-19(29-17)22-18(25)11-4-5-14(15(8-11)24(26)27)23-6-2-3-7-23/h4-5,8-10H,2-3,6-7H2,1H3,(H,21,22,25). The lowest BCUT2D eigenvalue weighted by Crippen LogP contribution is -2.19. The number of methoxy groups -OCH3 is 1. The van der Waals surface area contributed by atoms with Crippen LogP contribution in [0.2, 0.25) is 5.02 Å². The molecule has 1 aliphatic heterocycles. The number of ether oxygens (including phenoxy) is 1. The Morgan fingerprint density at radius 1 is 1.31 bits per heavy atom. The van der Waals surface area contributed by atoms with Crippen LogP contribution in [0.3, 0.4) is 0 Å². The van der Waals surface area contributed by atoms with Crippen LogP contribution in [0.4, 0.5) is 16.5 Å². The van der Waals surface area contributed by atoms with Crippen molar-refractivity contribution in [2.75, 3.05) is 30.4 Å². The fourth-order valence-corrected chi connectivity index (χ4v) is 4.45. The molecule has 0 saturated carbocycles. The maximum absolute atomic E-state index is 12.7. The van der Waals surface area contributed by atoms with E-state index in [2.05, 4.69) is 10.3 Å². The van der Waals surface area contributed by atoms with Crippen LogP contribution < -0.4 is 15.0 Å². The van der Waals surface area contributed by atoms with E-state index in [1.165, 1.54) is 24.5 Å². The SMILES string of the molecule is COc1cc2sc(NC(=O)c3ccc(N4CCCC4)c([N+](=O)[O-])c3)nc2cc1Cl. The van der Waals surface area contributed by atoms with Gasteiger partial charge in [-0.1, -0.05) is 22.9 Å². The summed E-state index contributed by atoms with van der Waals surface area (Å²) >= 11 is 7.38. The highest BCUT2D eigenvalue weighted by Crippen LogP contribution is 2.35. The maximum atomic E-state index is 12.7. The molecule has 1 aliphatic rings. The number of benzene rings is 2. The Balaban J connectivity index is 1.60. The summed E-state index contributed by atoms with van der Waals surface area (Å²) in [4.78, 5) is 30.1. The number of thiazole rings is 1. The molecule has 150 valence electrons. The Labute approximate surface area is 175 Å². The summed E-state index contributed by atoms with van der Waals surface area (Å²) in [6.07, 6.45) is 2.01. The van der Waals surface area contributed by atoms with Crippen molar-refractivity contribution in [3.63, 3.8) is 0 Å². The Hall–Kier alpha value is -2.91. The Morgan fingerprint density at radius 3 is 2.76 bits per heavy atom. The fourth-order valence-electron chi connectivity index (χ4n) is 3.35. The van der Waals surface area contributed by atoms with E-state index in [0.717, 1.165) is 30.6 Å². The molecule has 1 aromatic heterocycles. The molecular formula is C19H17ClN4O4S. The van der Waals surface area contributed by atoms with Gasteiger partial charge in [-0.15, -0.1) is 0 Å². The molecule has 3 aromatic rings. The van der Waals surface area contributed by atoms with Crippen molar-refractivity contribution in [1.29, 1.82) is 0 Å². The third-order valence-electron chi connectivity index (χ3n) is 4.76. The van der Waals surface area contributed by atoms with Gasteiger partial charge < -0.3 is 9.64 Å². The molecule has 2 heterocycles. The van der Waals surface area contributed by atoms with Gasteiger partial charge in [0.25, 0.3) is 11.6 Å². The van der Waals surface area contributed by atoms with Crippen LogP contribution in [0.25, 0.3) is 10.2 Å². The van der Waals surface area contributed by atoms with Crippen LogP contribution >= 0.6 is 22.9 Å². The number of nitro groups is 1. The first kappa shape index (κ1) is 19.4. The molecule has 0 bridgehead atoms. The number of hydrogen-bond donors (Lipinski definition) is 1. The summed E-state index contributed by atoms with van der Waals surface area (Å²) in [5, 5.41) is 15.0. The fraction of sp³-hybridized carbons (Fsp3) is 0.263. The number of halogens is 1. The Morgan fingerprint density at radius 2 is 2.07 bits per heavy atom. The second-order valence-corrected chi connectivity index (χ2v) is 8.02. The molecule has 0 radical (unpaired) electrons. The van der Waals surface area contributed by atoms with Gasteiger partial charge in [0.1, 0.15) is 11.4 Å². The average Bonchev–Trinajstić information content (AvgIpc) is 3.36. The molecule has 1 N–H and O–H groups in total. The highest BCUT2D eigenvalue weighted by molar-refractivity contribution is 7.22. The number of fused-ring (bicyclic) bond motifs is 1. The molecule has 10 heteroatoms. The van der Waals surface area contributed by atoms with Gasteiger partial charge in [0, 0.05) is 30.8 Å². The van der Waals surface area contributed by atoms with Crippen LogP contribution in [0, 0.1) is 10.1 Å².